The molecule has 6 nitrogen and oxygen atoms in total. The van der Waals surface area contributed by atoms with Gasteiger partial charge in [-0.3, -0.25) is 9.69 Å². The lowest BCUT2D eigenvalue weighted by Crippen LogP contribution is -2.41. The molecule has 0 saturated carbocycles. The predicted octanol–water partition coefficient (Wildman–Crippen LogP) is 3.40. The topological polar surface area (TPSA) is 89.7 Å². The van der Waals surface area contributed by atoms with Crippen LogP contribution in [0.4, 0.5) is 0 Å². The third-order valence-electron chi connectivity index (χ3n) is 4.75. The zero-order valence-corrected chi connectivity index (χ0v) is 17.0. The standard InChI is InChI=1S/C23H28N2O4/c1-3-4-16-25(2)20(14-15-21(24)26)23(28)29-22(27)19-12-10-18(11-13-19)17-8-6-5-7-9-17/h5-13,20H,3-4,14-16H2,1-2H3,(H2,24,26)/t20-/m0/s1. The number of amides is 1. The minimum atomic E-state index is -0.706. The molecule has 0 fully saturated rings. The molecule has 0 heterocycles. The van der Waals surface area contributed by atoms with Gasteiger partial charge in [-0.25, -0.2) is 9.59 Å². The molecule has 0 unspecified atom stereocenters. The lowest BCUT2D eigenvalue weighted by molar-refractivity contribution is -0.144. The van der Waals surface area contributed by atoms with Crippen LogP contribution < -0.4 is 5.73 Å². The van der Waals surface area contributed by atoms with E-state index in [1.807, 2.05) is 49.4 Å². The monoisotopic (exact) mass is 396 g/mol. The Morgan fingerprint density at radius 2 is 1.62 bits per heavy atom. The molecule has 6 heteroatoms. The Balaban J connectivity index is 2.05. The van der Waals surface area contributed by atoms with Crippen LogP contribution >= 0.6 is 0 Å². The number of rotatable bonds is 10. The average Bonchev–Trinajstić information content (AvgIpc) is 2.72. The van der Waals surface area contributed by atoms with Crippen molar-refractivity contribution in [3.63, 3.8) is 0 Å². The number of benzene rings is 2. The number of primary amides is 1. The molecule has 0 aliphatic heterocycles. The number of unbranched alkanes of at least 4 members (excludes halogenated alkanes) is 1. The smallest absolute Gasteiger partial charge is 0.345 e. The highest BCUT2D eigenvalue weighted by atomic mass is 16.6. The molecule has 0 radical (unpaired) electrons. The van der Waals surface area contributed by atoms with Crippen LogP contribution in [0.5, 0.6) is 0 Å². The number of nitrogens with two attached hydrogens (primary N) is 1. The summed E-state index contributed by atoms with van der Waals surface area (Å²) in [5.41, 5.74) is 7.51. The minimum absolute atomic E-state index is 0.0518. The zero-order chi connectivity index (χ0) is 21.2. The van der Waals surface area contributed by atoms with Gasteiger partial charge in [0.15, 0.2) is 0 Å². The Morgan fingerprint density at radius 3 is 2.21 bits per heavy atom. The number of likely N-dealkylation sites (N-methyl/N-ethyl adjacent to an activating group) is 1. The van der Waals surface area contributed by atoms with Gasteiger partial charge in [0.1, 0.15) is 6.04 Å². The lowest BCUT2D eigenvalue weighted by atomic mass is 10.0. The number of esters is 2. The van der Waals surface area contributed by atoms with E-state index in [2.05, 4.69) is 0 Å². The highest BCUT2D eigenvalue weighted by Crippen LogP contribution is 2.20. The molecule has 0 aromatic heterocycles. The van der Waals surface area contributed by atoms with Gasteiger partial charge in [0.2, 0.25) is 5.91 Å². The first-order chi connectivity index (χ1) is 13.9. The molecule has 0 bridgehead atoms. The Hall–Kier alpha value is -2.99. The van der Waals surface area contributed by atoms with Gasteiger partial charge in [-0.15, -0.1) is 0 Å². The predicted molar refractivity (Wildman–Crippen MR) is 112 cm³/mol. The second-order valence-electron chi connectivity index (χ2n) is 7.01. The van der Waals surface area contributed by atoms with E-state index in [4.69, 9.17) is 10.5 Å². The normalized spacial score (nSPS) is 11.8. The van der Waals surface area contributed by atoms with Crippen LogP contribution in [-0.4, -0.2) is 42.4 Å². The lowest BCUT2D eigenvalue weighted by Gasteiger charge is -2.25. The van der Waals surface area contributed by atoms with Crippen molar-refractivity contribution < 1.29 is 19.1 Å². The maximum atomic E-state index is 12.6. The van der Waals surface area contributed by atoms with Crippen molar-refractivity contribution in [2.45, 2.75) is 38.6 Å². The van der Waals surface area contributed by atoms with Crippen LogP contribution in [0.1, 0.15) is 43.0 Å². The third kappa shape index (κ3) is 6.84. The third-order valence-corrected chi connectivity index (χ3v) is 4.75. The van der Waals surface area contributed by atoms with E-state index < -0.39 is 23.9 Å². The van der Waals surface area contributed by atoms with Crippen LogP contribution in [0, 0.1) is 0 Å². The summed E-state index contributed by atoms with van der Waals surface area (Å²) in [5, 5.41) is 0. The van der Waals surface area contributed by atoms with Crippen LogP contribution in [0.15, 0.2) is 54.6 Å². The van der Waals surface area contributed by atoms with Crippen molar-refractivity contribution in [1.82, 2.24) is 4.90 Å². The number of carbonyl (C=O) groups excluding carboxylic acids is 3. The zero-order valence-electron chi connectivity index (χ0n) is 17.0. The van der Waals surface area contributed by atoms with Gasteiger partial charge >= 0.3 is 11.9 Å². The van der Waals surface area contributed by atoms with E-state index in [0.29, 0.717) is 12.1 Å². The highest BCUT2D eigenvalue weighted by Gasteiger charge is 2.27. The van der Waals surface area contributed by atoms with Gasteiger partial charge in [0.25, 0.3) is 0 Å². The first-order valence-electron chi connectivity index (χ1n) is 9.82. The molecule has 0 aliphatic rings. The van der Waals surface area contributed by atoms with Crippen LogP contribution in [0.3, 0.4) is 0 Å². The van der Waals surface area contributed by atoms with Crippen LogP contribution in [0.2, 0.25) is 0 Å². The van der Waals surface area contributed by atoms with Gasteiger partial charge in [0, 0.05) is 6.42 Å². The maximum Gasteiger partial charge on any atom is 0.345 e. The number of ether oxygens (including phenoxy) is 1. The minimum Gasteiger partial charge on any atom is -0.388 e. The summed E-state index contributed by atoms with van der Waals surface area (Å²) in [4.78, 5) is 38.0. The second kappa shape index (κ2) is 11.1. The molecule has 2 aromatic carbocycles. The molecule has 2 aromatic rings. The Labute approximate surface area is 171 Å². The van der Waals surface area contributed by atoms with Crippen LogP contribution in [-0.2, 0) is 14.3 Å². The summed E-state index contributed by atoms with van der Waals surface area (Å²) in [7, 11) is 1.78. The van der Waals surface area contributed by atoms with Crippen molar-refractivity contribution in [3.8, 4) is 11.1 Å². The highest BCUT2D eigenvalue weighted by molar-refractivity contribution is 5.98. The molecular weight excluding hydrogens is 368 g/mol. The van der Waals surface area contributed by atoms with E-state index in [1.54, 1.807) is 24.1 Å². The molecule has 0 saturated heterocycles. The van der Waals surface area contributed by atoms with Crippen molar-refractivity contribution in [2.75, 3.05) is 13.6 Å². The summed E-state index contributed by atoms with van der Waals surface area (Å²) in [6.07, 6.45) is 2.13. The van der Waals surface area contributed by atoms with Gasteiger partial charge in [-0.05, 0) is 49.7 Å². The molecule has 0 spiro atoms. The number of carbonyl (C=O) groups is 3. The van der Waals surface area contributed by atoms with E-state index in [9.17, 15) is 14.4 Å². The van der Waals surface area contributed by atoms with Gasteiger partial charge in [-0.1, -0.05) is 55.8 Å². The molecule has 1 amide bonds. The van der Waals surface area contributed by atoms with Gasteiger partial charge in [-0.2, -0.15) is 0 Å². The number of hydrogen-bond donors (Lipinski definition) is 1. The maximum absolute atomic E-state index is 12.6. The van der Waals surface area contributed by atoms with Crippen molar-refractivity contribution in [1.29, 1.82) is 0 Å². The van der Waals surface area contributed by atoms with Crippen molar-refractivity contribution in [3.05, 3.63) is 60.2 Å². The Bertz CT molecular complexity index is 819. The van der Waals surface area contributed by atoms with E-state index in [-0.39, 0.29) is 12.8 Å². The largest absolute Gasteiger partial charge is 0.388 e. The molecule has 0 aliphatic carbocycles. The summed E-state index contributed by atoms with van der Waals surface area (Å²) >= 11 is 0. The molecule has 154 valence electrons. The molecular formula is C23H28N2O4. The summed E-state index contributed by atoms with van der Waals surface area (Å²) in [6.45, 7) is 2.71. The number of nitrogens with zero attached hydrogens (tertiary/aromatic N) is 1. The molecule has 2 rings (SSSR count). The fourth-order valence-corrected chi connectivity index (χ4v) is 3.01. The summed E-state index contributed by atoms with van der Waals surface area (Å²) in [6, 6.07) is 16.0. The SMILES string of the molecule is CCCCN(C)[C@@H](CCC(N)=O)C(=O)OC(=O)c1ccc(-c2ccccc2)cc1. The first-order valence-corrected chi connectivity index (χ1v) is 9.82. The molecule has 1 atom stereocenters. The van der Waals surface area contributed by atoms with Gasteiger partial charge < -0.3 is 10.5 Å². The Kier molecular flexibility index (Phi) is 8.55. The number of hydrogen-bond acceptors (Lipinski definition) is 5. The average molecular weight is 396 g/mol. The summed E-state index contributed by atoms with van der Waals surface area (Å²) < 4.78 is 5.11. The van der Waals surface area contributed by atoms with E-state index in [1.165, 1.54) is 0 Å². The van der Waals surface area contributed by atoms with Crippen LogP contribution in [0.25, 0.3) is 11.1 Å². The Morgan fingerprint density at radius 1 is 1.00 bits per heavy atom. The quantitative estimate of drug-likeness (QED) is 0.491. The van der Waals surface area contributed by atoms with E-state index in [0.717, 1.165) is 24.0 Å². The van der Waals surface area contributed by atoms with E-state index >= 15 is 0 Å². The van der Waals surface area contributed by atoms with Gasteiger partial charge in [0.05, 0.1) is 5.56 Å². The first kappa shape index (κ1) is 22.3. The molecule has 2 N–H and O–H groups in total. The fourth-order valence-electron chi connectivity index (χ4n) is 3.01. The second-order valence-corrected chi connectivity index (χ2v) is 7.01. The van der Waals surface area contributed by atoms with Crippen molar-refractivity contribution in [2.24, 2.45) is 5.73 Å². The molecule has 29 heavy (non-hydrogen) atoms. The van der Waals surface area contributed by atoms with Crippen molar-refractivity contribution >= 4 is 17.8 Å². The fraction of sp³-hybridized carbons (Fsp3) is 0.348. The summed E-state index contributed by atoms with van der Waals surface area (Å²) in [5.74, 6) is -1.86.